The predicted octanol–water partition coefficient (Wildman–Crippen LogP) is 1.93. The van der Waals surface area contributed by atoms with Crippen molar-refractivity contribution in [1.29, 1.82) is 0 Å². The summed E-state index contributed by atoms with van der Waals surface area (Å²) in [5.41, 5.74) is 0. The van der Waals surface area contributed by atoms with E-state index in [9.17, 15) is 0 Å². The van der Waals surface area contributed by atoms with Gasteiger partial charge in [-0.2, -0.15) is 0 Å². The van der Waals surface area contributed by atoms with Crippen molar-refractivity contribution in [2.45, 2.75) is 18.7 Å². The van der Waals surface area contributed by atoms with E-state index >= 15 is 0 Å². The Kier molecular flexibility index (Phi) is 2.87. The zero-order valence-electron chi connectivity index (χ0n) is 8.23. The summed E-state index contributed by atoms with van der Waals surface area (Å²) in [6.45, 7) is 4.06. The maximum atomic E-state index is 6.21. The maximum Gasteiger partial charge on any atom is 0.225 e. The van der Waals surface area contributed by atoms with E-state index in [1.165, 1.54) is 0 Å². The van der Waals surface area contributed by atoms with Crippen LogP contribution in [-0.4, -0.2) is 28.4 Å². The topological polar surface area (TPSA) is 29.0 Å². The van der Waals surface area contributed by atoms with E-state index in [0.717, 1.165) is 25.5 Å². The summed E-state index contributed by atoms with van der Waals surface area (Å²) in [6, 6.07) is 1.83. The Morgan fingerprint density at radius 1 is 1.43 bits per heavy atom. The van der Waals surface area contributed by atoms with Gasteiger partial charge in [0.2, 0.25) is 5.95 Å². The minimum Gasteiger partial charge on any atom is -0.339 e. The number of nitrogens with zero attached hydrogens (tertiary/aromatic N) is 3. The largest absolute Gasteiger partial charge is 0.339 e. The fourth-order valence-electron chi connectivity index (χ4n) is 1.66. The molecule has 0 aliphatic carbocycles. The van der Waals surface area contributed by atoms with Crippen LogP contribution in [0.4, 0.5) is 5.95 Å². The quantitative estimate of drug-likeness (QED) is 0.665. The molecule has 76 valence electrons. The van der Waals surface area contributed by atoms with Crippen LogP contribution >= 0.6 is 11.6 Å². The first-order valence-electron chi connectivity index (χ1n) is 4.93. The highest BCUT2D eigenvalue weighted by Crippen LogP contribution is 2.23. The first-order valence-corrected chi connectivity index (χ1v) is 5.37. The van der Waals surface area contributed by atoms with Crippen molar-refractivity contribution in [2.24, 2.45) is 5.92 Å². The van der Waals surface area contributed by atoms with Gasteiger partial charge < -0.3 is 4.90 Å². The van der Waals surface area contributed by atoms with Gasteiger partial charge in [-0.05, 0) is 18.4 Å². The van der Waals surface area contributed by atoms with Gasteiger partial charge in [0.25, 0.3) is 0 Å². The van der Waals surface area contributed by atoms with Gasteiger partial charge in [-0.1, -0.05) is 6.92 Å². The SMILES string of the molecule is CC1CCN(c2ncccn2)CC1Cl. The van der Waals surface area contributed by atoms with Crippen LogP contribution in [0.1, 0.15) is 13.3 Å². The number of rotatable bonds is 1. The van der Waals surface area contributed by atoms with Crippen LogP contribution < -0.4 is 4.90 Å². The summed E-state index contributed by atoms with van der Waals surface area (Å²) in [6.07, 6.45) is 4.65. The highest BCUT2D eigenvalue weighted by Gasteiger charge is 2.25. The lowest BCUT2D eigenvalue weighted by Gasteiger charge is -2.33. The Hall–Kier alpha value is -0.830. The highest BCUT2D eigenvalue weighted by molar-refractivity contribution is 6.21. The van der Waals surface area contributed by atoms with Crippen molar-refractivity contribution in [3.05, 3.63) is 18.5 Å². The van der Waals surface area contributed by atoms with Crippen LogP contribution in [0.25, 0.3) is 0 Å². The molecule has 1 aromatic heterocycles. The fraction of sp³-hybridized carbons (Fsp3) is 0.600. The van der Waals surface area contributed by atoms with Crippen LogP contribution in [0, 0.1) is 5.92 Å². The van der Waals surface area contributed by atoms with E-state index in [1.54, 1.807) is 12.4 Å². The zero-order chi connectivity index (χ0) is 9.97. The maximum absolute atomic E-state index is 6.21. The first-order chi connectivity index (χ1) is 6.77. The molecule has 0 amide bonds. The lowest BCUT2D eigenvalue weighted by molar-refractivity contribution is 0.441. The number of piperidine rings is 1. The lowest BCUT2D eigenvalue weighted by atomic mass is 9.99. The van der Waals surface area contributed by atoms with Gasteiger partial charge in [0, 0.05) is 25.5 Å². The molecule has 1 fully saturated rings. The van der Waals surface area contributed by atoms with Gasteiger partial charge in [0.1, 0.15) is 0 Å². The molecule has 1 aromatic rings. The summed E-state index contributed by atoms with van der Waals surface area (Å²) < 4.78 is 0. The van der Waals surface area contributed by atoms with Crippen LogP contribution in [0.3, 0.4) is 0 Å². The van der Waals surface area contributed by atoms with Crippen molar-refractivity contribution in [1.82, 2.24) is 9.97 Å². The summed E-state index contributed by atoms with van der Waals surface area (Å²) in [7, 11) is 0. The summed E-state index contributed by atoms with van der Waals surface area (Å²) in [4.78, 5) is 10.6. The van der Waals surface area contributed by atoms with E-state index in [2.05, 4.69) is 21.8 Å². The van der Waals surface area contributed by atoms with Gasteiger partial charge >= 0.3 is 0 Å². The van der Waals surface area contributed by atoms with Crippen LogP contribution in [-0.2, 0) is 0 Å². The van der Waals surface area contributed by atoms with Gasteiger partial charge in [-0.3, -0.25) is 0 Å². The fourth-order valence-corrected chi connectivity index (χ4v) is 1.95. The molecule has 2 heterocycles. The first kappa shape index (κ1) is 9.71. The van der Waals surface area contributed by atoms with Crippen molar-refractivity contribution in [3.63, 3.8) is 0 Å². The highest BCUT2D eigenvalue weighted by atomic mass is 35.5. The lowest BCUT2D eigenvalue weighted by Crippen LogP contribution is -2.41. The molecule has 1 saturated heterocycles. The second-order valence-electron chi connectivity index (χ2n) is 3.78. The summed E-state index contributed by atoms with van der Waals surface area (Å²) in [5.74, 6) is 1.39. The van der Waals surface area contributed by atoms with Crippen LogP contribution in [0.2, 0.25) is 0 Å². The molecular weight excluding hydrogens is 198 g/mol. The molecule has 14 heavy (non-hydrogen) atoms. The number of halogens is 1. The average Bonchev–Trinajstić information content (AvgIpc) is 2.23. The summed E-state index contributed by atoms with van der Waals surface area (Å²) >= 11 is 6.21. The molecule has 0 bridgehead atoms. The van der Waals surface area contributed by atoms with Crippen molar-refractivity contribution in [2.75, 3.05) is 18.0 Å². The molecular formula is C10H14ClN3. The van der Waals surface area contributed by atoms with E-state index in [0.29, 0.717) is 5.92 Å². The second-order valence-corrected chi connectivity index (χ2v) is 4.34. The normalized spacial score (nSPS) is 27.7. The summed E-state index contributed by atoms with van der Waals surface area (Å²) in [5, 5.41) is 0.215. The molecule has 2 atom stereocenters. The van der Waals surface area contributed by atoms with E-state index < -0.39 is 0 Å². The van der Waals surface area contributed by atoms with Gasteiger partial charge in [-0.15, -0.1) is 11.6 Å². The Morgan fingerprint density at radius 2 is 2.14 bits per heavy atom. The molecule has 0 spiro atoms. The Morgan fingerprint density at radius 3 is 2.79 bits per heavy atom. The van der Waals surface area contributed by atoms with Gasteiger partial charge in [0.15, 0.2) is 0 Å². The smallest absolute Gasteiger partial charge is 0.225 e. The molecule has 1 aliphatic heterocycles. The molecule has 0 aromatic carbocycles. The van der Waals surface area contributed by atoms with Crippen LogP contribution in [0.5, 0.6) is 0 Å². The third-order valence-electron chi connectivity index (χ3n) is 2.70. The average molecular weight is 212 g/mol. The van der Waals surface area contributed by atoms with E-state index in [1.807, 2.05) is 6.07 Å². The molecule has 0 saturated carbocycles. The third kappa shape index (κ3) is 1.98. The molecule has 1 aliphatic rings. The molecule has 2 rings (SSSR count). The minimum absolute atomic E-state index is 0.215. The Bertz CT molecular complexity index is 291. The number of alkyl halides is 1. The number of hydrogen-bond acceptors (Lipinski definition) is 3. The predicted molar refractivity (Wildman–Crippen MR) is 57.7 cm³/mol. The van der Waals surface area contributed by atoms with Gasteiger partial charge in [-0.25, -0.2) is 9.97 Å². The standard InChI is InChI=1S/C10H14ClN3/c1-8-3-6-14(7-9(8)11)10-12-4-2-5-13-10/h2,4-5,8-9H,3,6-7H2,1H3. The number of hydrogen-bond donors (Lipinski definition) is 0. The van der Waals surface area contributed by atoms with Crippen molar-refractivity contribution < 1.29 is 0 Å². The third-order valence-corrected chi connectivity index (χ3v) is 3.27. The van der Waals surface area contributed by atoms with Crippen molar-refractivity contribution in [3.8, 4) is 0 Å². The van der Waals surface area contributed by atoms with E-state index in [4.69, 9.17) is 11.6 Å². The molecule has 2 unspecified atom stereocenters. The van der Waals surface area contributed by atoms with Crippen molar-refractivity contribution >= 4 is 17.5 Å². The Labute approximate surface area is 89.1 Å². The second kappa shape index (κ2) is 4.13. The minimum atomic E-state index is 0.215. The molecule has 4 heteroatoms. The Balaban J connectivity index is 2.07. The number of aromatic nitrogens is 2. The molecule has 0 N–H and O–H groups in total. The molecule has 3 nitrogen and oxygen atoms in total. The van der Waals surface area contributed by atoms with E-state index in [-0.39, 0.29) is 5.38 Å². The van der Waals surface area contributed by atoms with Gasteiger partial charge in [0.05, 0.1) is 5.38 Å². The zero-order valence-corrected chi connectivity index (χ0v) is 8.98. The monoisotopic (exact) mass is 211 g/mol. The molecule has 0 radical (unpaired) electrons. The number of anilines is 1. The van der Waals surface area contributed by atoms with Crippen LogP contribution in [0.15, 0.2) is 18.5 Å².